The summed E-state index contributed by atoms with van der Waals surface area (Å²) >= 11 is 1.63. The lowest BCUT2D eigenvalue weighted by atomic mass is 10.2. The predicted octanol–water partition coefficient (Wildman–Crippen LogP) is 0.873. The second-order valence-corrected chi connectivity index (χ2v) is 5.93. The van der Waals surface area contributed by atoms with Crippen molar-refractivity contribution in [2.24, 2.45) is 5.73 Å². The number of aromatic nitrogens is 2. The van der Waals surface area contributed by atoms with Gasteiger partial charge in [-0.3, -0.25) is 4.90 Å². The van der Waals surface area contributed by atoms with Crippen molar-refractivity contribution >= 4 is 11.3 Å². The van der Waals surface area contributed by atoms with Crippen LogP contribution >= 0.6 is 11.3 Å². The van der Waals surface area contributed by atoms with Crippen LogP contribution in [0.25, 0.3) is 11.4 Å². The van der Waals surface area contributed by atoms with Crippen LogP contribution in [0.3, 0.4) is 0 Å². The van der Waals surface area contributed by atoms with Crippen molar-refractivity contribution in [1.29, 1.82) is 0 Å². The SMILES string of the molecule is CN1CCN(Cc2nc(-c3ccsc3)no2)C(CN)C1. The van der Waals surface area contributed by atoms with Crippen molar-refractivity contribution in [1.82, 2.24) is 19.9 Å². The molecule has 1 fully saturated rings. The second kappa shape index (κ2) is 6.01. The highest BCUT2D eigenvalue weighted by molar-refractivity contribution is 7.08. The molecule has 1 unspecified atom stereocenters. The molecule has 0 aliphatic carbocycles. The average Bonchev–Trinajstić information content (AvgIpc) is 3.11. The fourth-order valence-corrected chi connectivity index (χ4v) is 3.12. The highest BCUT2D eigenvalue weighted by Gasteiger charge is 2.25. The molecular formula is C13H19N5OS. The molecule has 2 aromatic rings. The van der Waals surface area contributed by atoms with E-state index >= 15 is 0 Å². The van der Waals surface area contributed by atoms with Gasteiger partial charge >= 0.3 is 0 Å². The first-order valence-corrected chi connectivity index (χ1v) is 7.68. The molecule has 1 aliphatic heterocycles. The number of likely N-dealkylation sites (N-methyl/N-ethyl adjacent to an activating group) is 1. The first-order valence-electron chi connectivity index (χ1n) is 6.74. The van der Waals surface area contributed by atoms with Gasteiger partial charge in [-0.1, -0.05) is 5.16 Å². The van der Waals surface area contributed by atoms with Crippen LogP contribution in [0.15, 0.2) is 21.3 Å². The summed E-state index contributed by atoms with van der Waals surface area (Å²) in [6, 6.07) is 2.35. The Bertz CT molecular complexity index is 541. The van der Waals surface area contributed by atoms with Gasteiger partial charge in [0.1, 0.15) is 0 Å². The normalized spacial score (nSPS) is 21.4. The monoisotopic (exact) mass is 293 g/mol. The summed E-state index contributed by atoms with van der Waals surface area (Å²) in [6.45, 7) is 4.33. The predicted molar refractivity (Wildman–Crippen MR) is 78.4 cm³/mol. The third kappa shape index (κ3) is 2.90. The Kier molecular flexibility index (Phi) is 4.11. The van der Waals surface area contributed by atoms with E-state index in [0.717, 1.165) is 25.2 Å². The number of hydrogen-bond donors (Lipinski definition) is 1. The smallest absolute Gasteiger partial charge is 0.241 e. The molecule has 0 amide bonds. The van der Waals surface area contributed by atoms with Crippen molar-refractivity contribution in [3.8, 4) is 11.4 Å². The quantitative estimate of drug-likeness (QED) is 0.902. The van der Waals surface area contributed by atoms with Gasteiger partial charge in [-0.2, -0.15) is 16.3 Å². The zero-order valence-electron chi connectivity index (χ0n) is 11.5. The van der Waals surface area contributed by atoms with Gasteiger partial charge in [-0.25, -0.2) is 0 Å². The average molecular weight is 293 g/mol. The summed E-state index contributed by atoms with van der Waals surface area (Å²) in [4.78, 5) is 9.10. The summed E-state index contributed by atoms with van der Waals surface area (Å²) in [6.07, 6.45) is 0. The summed E-state index contributed by atoms with van der Waals surface area (Å²) in [5.41, 5.74) is 6.87. The van der Waals surface area contributed by atoms with E-state index in [1.165, 1.54) is 0 Å². The van der Waals surface area contributed by atoms with Gasteiger partial charge in [0, 0.05) is 43.2 Å². The van der Waals surface area contributed by atoms with Crippen molar-refractivity contribution in [3.63, 3.8) is 0 Å². The lowest BCUT2D eigenvalue weighted by Crippen LogP contribution is -2.54. The zero-order chi connectivity index (χ0) is 13.9. The van der Waals surface area contributed by atoms with Crippen molar-refractivity contribution in [3.05, 3.63) is 22.7 Å². The van der Waals surface area contributed by atoms with Crippen LogP contribution in [0.4, 0.5) is 0 Å². The van der Waals surface area contributed by atoms with Gasteiger partial charge in [0.05, 0.1) is 6.54 Å². The van der Waals surface area contributed by atoms with E-state index < -0.39 is 0 Å². The highest BCUT2D eigenvalue weighted by atomic mass is 32.1. The molecule has 1 saturated heterocycles. The third-order valence-corrected chi connectivity index (χ3v) is 4.35. The van der Waals surface area contributed by atoms with Gasteiger partial charge in [0.2, 0.25) is 11.7 Å². The molecule has 0 bridgehead atoms. The van der Waals surface area contributed by atoms with Crippen LogP contribution in [0.1, 0.15) is 5.89 Å². The van der Waals surface area contributed by atoms with Crippen LogP contribution < -0.4 is 5.73 Å². The van der Waals surface area contributed by atoms with Crippen LogP contribution in [0.2, 0.25) is 0 Å². The molecule has 1 aliphatic rings. The molecule has 0 spiro atoms. The minimum absolute atomic E-state index is 0.352. The third-order valence-electron chi connectivity index (χ3n) is 3.67. The maximum absolute atomic E-state index is 5.86. The minimum atomic E-state index is 0.352. The fraction of sp³-hybridized carbons (Fsp3) is 0.538. The molecule has 108 valence electrons. The number of nitrogens with zero attached hydrogens (tertiary/aromatic N) is 4. The fourth-order valence-electron chi connectivity index (χ4n) is 2.48. The number of nitrogens with two attached hydrogens (primary N) is 1. The molecule has 3 heterocycles. The van der Waals surface area contributed by atoms with Crippen LogP contribution in [-0.2, 0) is 6.54 Å². The van der Waals surface area contributed by atoms with Crippen molar-refractivity contribution in [2.75, 3.05) is 33.2 Å². The van der Waals surface area contributed by atoms with E-state index in [1.54, 1.807) is 11.3 Å². The summed E-state index contributed by atoms with van der Waals surface area (Å²) in [7, 11) is 2.13. The number of piperazine rings is 1. The standard InChI is InChI=1S/C13H19N5OS/c1-17-3-4-18(11(6-14)7-17)8-12-15-13(16-19-12)10-2-5-20-9-10/h2,5,9,11H,3-4,6-8,14H2,1H3. The van der Waals surface area contributed by atoms with Gasteiger partial charge in [0.25, 0.3) is 0 Å². The molecule has 0 radical (unpaired) electrons. The van der Waals surface area contributed by atoms with Crippen LogP contribution in [-0.4, -0.2) is 59.2 Å². The molecule has 2 aromatic heterocycles. The minimum Gasteiger partial charge on any atom is -0.338 e. The van der Waals surface area contributed by atoms with Gasteiger partial charge in [0.15, 0.2) is 0 Å². The summed E-state index contributed by atoms with van der Waals surface area (Å²) in [5, 5.41) is 8.07. The van der Waals surface area contributed by atoms with E-state index in [9.17, 15) is 0 Å². The van der Waals surface area contributed by atoms with Gasteiger partial charge in [-0.15, -0.1) is 0 Å². The van der Waals surface area contributed by atoms with Gasteiger partial charge in [-0.05, 0) is 18.5 Å². The lowest BCUT2D eigenvalue weighted by Gasteiger charge is -2.38. The highest BCUT2D eigenvalue weighted by Crippen LogP contribution is 2.19. The Morgan fingerprint density at radius 3 is 3.15 bits per heavy atom. The largest absolute Gasteiger partial charge is 0.338 e. The zero-order valence-corrected chi connectivity index (χ0v) is 12.3. The lowest BCUT2D eigenvalue weighted by molar-refractivity contribution is 0.0784. The number of rotatable bonds is 4. The van der Waals surface area contributed by atoms with Crippen LogP contribution in [0, 0.1) is 0 Å². The number of thiophene rings is 1. The molecule has 0 aromatic carbocycles. The van der Waals surface area contributed by atoms with E-state index in [1.807, 2.05) is 16.8 Å². The Morgan fingerprint density at radius 2 is 2.40 bits per heavy atom. The van der Waals surface area contributed by atoms with E-state index in [0.29, 0.717) is 30.8 Å². The summed E-state index contributed by atoms with van der Waals surface area (Å²) < 4.78 is 5.36. The van der Waals surface area contributed by atoms with Gasteiger partial charge < -0.3 is 15.2 Å². The topological polar surface area (TPSA) is 71.4 Å². The Morgan fingerprint density at radius 1 is 1.50 bits per heavy atom. The van der Waals surface area contributed by atoms with Crippen LogP contribution in [0.5, 0.6) is 0 Å². The molecule has 6 nitrogen and oxygen atoms in total. The Labute approximate surface area is 122 Å². The Balaban J connectivity index is 1.68. The number of hydrogen-bond acceptors (Lipinski definition) is 7. The first kappa shape index (κ1) is 13.7. The van der Waals surface area contributed by atoms with E-state index in [2.05, 4.69) is 27.0 Å². The molecule has 2 N–H and O–H groups in total. The second-order valence-electron chi connectivity index (χ2n) is 5.15. The molecule has 3 rings (SSSR count). The summed E-state index contributed by atoms with van der Waals surface area (Å²) in [5.74, 6) is 1.33. The van der Waals surface area contributed by atoms with Crippen molar-refractivity contribution < 1.29 is 4.52 Å². The first-order chi connectivity index (χ1) is 9.76. The molecular weight excluding hydrogens is 274 g/mol. The Hall–Kier alpha value is -1.28. The molecule has 7 heteroatoms. The van der Waals surface area contributed by atoms with Crippen molar-refractivity contribution in [2.45, 2.75) is 12.6 Å². The maximum atomic E-state index is 5.86. The van der Waals surface area contributed by atoms with E-state index in [4.69, 9.17) is 10.3 Å². The van der Waals surface area contributed by atoms with E-state index in [-0.39, 0.29) is 0 Å². The molecule has 1 atom stereocenters. The molecule has 0 saturated carbocycles. The molecule has 20 heavy (non-hydrogen) atoms. The maximum Gasteiger partial charge on any atom is 0.241 e.